The minimum absolute atomic E-state index is 0.288. The molecular formula is C12H16BrNO2. The minimum atomic E-state index is -0.917. The maximum absolute atomic E-state index is 10.9. The molecule has 0 saturated carbocycles. The molecule has 0 spiro atoms. The number of nitrogens with one attached hydrogen (secondary N) is 1. The highest BCUT2D eigenvalue weighted by atomic mass is 79.9. The highest BCUT2D eigenvalue weighted by Gasteiger charge is 2.10. The van der Waals surface area contributed by atoms with E-state index in [9.17, 15) is 4.79 Å². The summed E-state index contributed by atoms with van der Waals surface area (Å²) in [6, 6.07) is 5.69. The fraction of sp³-hybridized carbons (Fsp3) is 0.417. The summed E-state index contributed by atoms with van der Waals surface area (Å²) in [7, 11) is 0. The van der Waals surface area contributed by atoms with Crippen LogP contribution in [0.2, 0.25) is 0 Å². The van der Waals surface area contributed by atoms with E-state index < -0.39 is 5.97 Å². The monoisotopic (exact) mass is 285 g/mol. The Balaban J connectivity index is 2.90. The van der Waals surface area contributed by atoms with Gasteiger partial charge >= 0.3 is 5.97 Å². The van der Waals surface area contributed by atoms with Gasteiger partial charge in [0.1, 0.15) is 0 Å². The van der Waals surface area contributed by atoms with Gasteiger partial charge in [-0.15, -0.1) is 0 Å². The van der Waals surface area contributed by atoms with Gasteiger partial charge < -0.3 is 10.4 Å². The van der Waals surface area contributed by atoms with E-state index in [1.807, 2.05) is 6.07 Å². The lowest BCUT2D eigenvalue weighted by molar-refractivity contribution is 0.0696. The van der Waals surface area contributed by atoms with Crippen LogP contribution in [0.3, 0.4) is 0 Å². The van der Waals surface area contributed by atoms with E-state index in [4.69, 9.17) is 5.11 Å². The number of carbonyl (C=O) groups is 1. The molecule has 0 fully saturated rings. The Morgan fingerprint density at radius 3 is 2.56 bits per heavy atom. The minimum Gasteiger partial charge on any atom is -0.478 e. The molecule has 1 rings (SSSR count). The first-order valence-corrected chi connectivity index (χ1v) is 6.17. The Bertz CT molecular complexity index is 375. The number of anilines is 1. The third-order valence-electron chi connectivity index (χ3n) is 2.55. The zero-order valence-electron chi connectivity index (χ0n) is 9.46. The van der Waals surface area contributed by atoms with Crippen molar-refractivity contribution in [1.29, 1.82) is 0 Å². The Morgan fingerprint density at radius 1 is 1.44 bits per heavy atom. The molecule has 0 unspecified atom stereocenters. The number of halogens is 1. The molecule has 0 amide bonds. The molecule has 0 aliphatic rings. The quantitative estimate of drug-likeness (QED) is 0.866. The maximum Gasteiger partial charge on any atom is 0.336 e. The Morgan fingerprint density at radius 2 is 2.06 bits per heavy atom. The number of benzene rings is 1. The summed E-state index contributed by atoms with van der Waals surface area (Å²) >= 11 is 3.22. The lowest BCUT2D eigenvalue weighted by Gasteiger charge is -2.16. The van der Waals surface area contributed by atoms with Gasteiger partial charge in [-0.05, 0) is 47.0 Å². The highest BCUT2D eigenvalue weighted by Crippen LogP contribution is 2.22. The van der Waals surface area contributed by atoms with Crippen molar-refractivity contribution in [2.45, 2.75) is 32.7 Å². The average Bonchev–Trinajstić information content (AvgIpc) is 2.27. The summed E-state index contributed by atoms with van der Waals surface area (Å²) in [5.41, 5.74) is 1.14. The topological polar surface area (TPSA) is 49.3 Å². The van der Waals surface area contributed by atoms with E-state index in [-0.39, 0.29) is 5.56 Å². The molecule has 1 aromatic carbocycles. The largest absolute Gasteiger partial charge is 0.478 e. The van der Waals surface area contributed by atoms with Crippen LogP contribution in [0.1, 0.15) is 37.0 Å². The molecule has 0 heterocycles. The van der Waals surface area contributed by atoms with E-state index in [2.05, 4.69) is 35.1 Å². The lowest BCUT2D eigenvalue weighted by Crippen LogP contribution is -2.17. The second-order valence-electron chi connectivity index (χ2n) is 3.66. The van der Waals surface area contributed by atoms with Crippen molar-refractivity contribution in [2.24, 2.45) is 0 Å². The molecule has 0 saturated heterocycles. The van der Waals surface area contributed by atoms with Crippen LogP contribution in [0.4, 0.5) is 5.69 Å². The van der Waals surface area contributed by atoms with Crippen LogP contribution in [0, 0.1) is 0 Å². The molecule has 3 nitrogen and oxygen atoms in total. The lowest BCUT2D eigenvalue weighted by atomic mass is 10.1. The van der Waals surface area contributed by atoms with Crippen LogP contribution in [0.25, 0.3) is 0 Å². The Labute approximate surface area is 104 Å². The SMILES string of the molecule is CCC(CC)Nc1ccc(Br)c(C(=O)O)c1. The molecule has 16 heavy (non-hydrogen) atoms. The van der Waals surface area contributed by atoms with E-state index in [1.165, 1.54) is 0 Å². The smallest absolute Gasteiger partial charge is 0.336 e. The van der Waals surface area contributed by atoms with E-state index in [0.717, 1.165) is 18.5 Å². The van der Waals surface area contributed by atoms with Gasteiger partial charge in [0, 0.05) is 16.2 Å². The number of hydrogen-bond donors (Lipinski definition) is 2. The highest BCUT2D eigenvalue weighted by molar-refractivity contribution is 9.10. The number of rotatable bonds is 5. The van der Waals surface area contributed by atoms with Gasteiger partial charge in [-0.2, -0.15) is 0 Å². The zero-order valence-corrected chi connectivity index (χ0v) is 11.0. The fourth-order valence-electron chi connectivity index (χ4n) is 1.51. The van der Waals surface area contributed by atoms with E-state index in [1.54, 1.807) is 12.1 Å². The van der Waals surface area contributed by atoms with Gasteiger partial charge in [-0.3, -0.25) is 0 Å². The van der Waals surface area contributed by atoms with Gasteiger partial charge in [0.05, 0.1) is 5.56 Å². The summed E-state index contributed by atoms with van der Waals surface area (Å²) in [5.74, 6) is -0.917. The van der Waals surface area contributed by atoms with Crippen molar-refractivity contribution >= 4 is 27.6 Å². The number of hydrogen-bond acceptors (Lipinski definition) is 2. The van der Waals surface area contributed by atoms with Crippen molar-refractivity contribution in [2.75, 3.05) is 5.32 Å². The molecule has 0 aromatic heterocycles. The summed E-state index contributed by atoms with van der Waals surface area (Å²) < 4.78 is 0.607. The third kappa shape index (κ3) is 3.23. The van der Waals surface area contributed by atoms with E-state index >= 15 is 0 Å². The zero-order chi connectivity index (χ0) is 12.1. The molecule has 0 atom stereocenters. The predicted octanol–water partition coefficient (Wildman–Crippen LogP) is 3.75. The summed E-state index contributed by atoms with van der Waals surface area (Å²) in [6.45, 7) is 4.22. The van der Waals surface area contributed by atoms with Gasteiger partial charge in [0.25, 0.3) is 0 Å². The van der Waals surface area contributed by atoms with Crippen molar-refractivity contribution < 1.29 is 9.90 Å². The molecular weight excluding hydrogens is 270 g/mol. The van der Waals surface area contributed by atoms with Crippen LogP contribution >= 0.6 is 15.9 Å². The number of carboxylic acids is 1. The first-order valence-electron chi connectivity index (χ1n) is 5.37. The third-order valence-corrected chi connectivity index (χ3v) is 3.24. The Kier molecular flexibility index (Phi) is 4.80. The number of carboxylic acid groups (broad SMARTS) is 1. The normalized spacial score (nSPS) is 10.5. The molecule has 0 aliphatic heterocycles. The molecule has 88 valence electrons. The summed E-state index contributed by atoms with van der Waals surface area (Å²) in [6.07, 6.45) is 2.05. The molecule has 1 aromatic rings. The molecule has 0 bridgehead atoms. The molecule has 4 heteroatoms. The molecule has 0 radical (unpaired) electrons. The van der Waals surface area contributed by atoms with E-state index in [0.29, 0.717) is 10.5 Å². The average molecular weight is 286 g/mol. The van der Waals surface area contributed by atoms with Gasteiger partial charge in [0.2, 0.25) is 0 Å². The maximum atomic E-state index is 10.9. The van der Waals surface area contributed by atoms with Crippen LogP contribution in [0.15, 0.2) is 22.7 Å². The first kappa shape index (κ1) is 13.0. The van der Waals surface area contributed by atoms with Crippen molar-refractivity contribution in [3.63, 3.8) is 0 Å². The summed E-state index contributed by atoms with van der Waals surface area (Å²) in [5, 5.41) is 12.3. The van der Waals surface area contributed by atoms with Gasteiger partial charge in [0.15, 0.2) is 0 Å². The fourth-order valence-corrected chi connectivity index (χ4v) is 1.92. The second kappa shape index (κ2) is 5.89. The van der Waals surface area contributed by atoms with Crippen LogP contribution < -0.4 is 5.32 Å². The van der Waals surface area contributed by atoms with Crippen molar-refractivity contribution in [3.8, 4) is 0 Å². The van der Waals surface area contributed by atoms with Crippen molar-refractivity contribution in [1.82, 2.24) is 0 Å². The van der Waals surface area contributed by atoms with Crippen LogP contribution in [-0.2, 0) is 0 Å². The Hall–Kier alpha value is -1.03. The first-order chi connectivity index (χ1) is 7.58. The predicted molar refractivity (Wildman–Crippen MR) is 69.1 cm³/mol. The van der Waals surface area contributed by atoms with Gasteiger partial charge in [-0.1, -0.05) is 13.8 Å². The number of aromatic carboxylic acids is 1. The standard InChI is InChI=1S/C12H16BrNO2/c1-3-8(4-2)14-9-5-6-11(13)10(7-9)12(15)16/h5-8,14H,3-4H2,1-2H3,(H,15,16). The molecule has 0 aliphatic carbocycles. The van der Waals surface area contributed by atoms with Crippen molar-refractivity contribution in [3.05, 3.63) is 28.2 Å². The van der Waals surface area contributed by atoms with Gasteiger partial charge in [-0.25, -0.2) is 4.79 Å². The second-order valence-corrected chi connectivity index (χ2v) is 4.51. The van der Waals surface area contributed by atoms with Crippen LogP contribution in [-0.4, -0.2) is 17.1 Å². The van der Waals surface area contributed by atoms with Crippen LogP contribution in [0.5, 0.6) is 0 Å². The summed E-state index contributed by atoms with van der Waals surface area (Å²) in [4.78, 5) is 10.9. The molecule has 2 N–H and O–H groups in total.